The lowest BCUT2D eigenvalue weighted by molar-refractivity contribution is 0.762. The summed E-state index contributed by atoms with van der Waals surface area (Å²) in [6, 6.07) is 8.22. The van der Waals surface area contributed by atoms with Gasteiger partial charge in [-0.1, -0.05) is 26.0 Å². The minimum atomic E-state index is 0.750. The maximum absolute atomic E-state index is 4.95. The first-order valence-electron chi connectivity index (χ1n) is 10.1. The van der Waals surface area contributed by atoms with E-state index in [1.807, 2.05) is 26.0 Å². The molecule has 0 saturated heterocycles. The Morgan fingerprint density at radius 2 is 1.83 bits per heavy atom. The molecule has 0 bridgehead atoms. The topological polar surface area (TPSA) is 59.7 Å². The molecule has 0 amide bonds. The molecule has 6 heteroatoms. The SMILES string of the molecule is CC.CN1CC=Cc2c1ccc1c2nc(CCc2ncc3ncccc3n2)n1C. The molecule has 0 atom stereocenters. The van der Waals surface area contributed by atoms with E-state index >= 15 is 0 Å². The van der Waals surface area contributed by atoms with Gasteiger partial charge in [0.25, 0.3) is 0 Å². The standard InChI is InChI=1S/C21H20N6.C2H6/c1-26-12-4-5-14-17(26)7-8-18-21(14)25-20(27(18)2)10-9-19-23-13-16-15(24-19)6-3-11-22-16;1-2/h3-8,11,13H,9-10,12H2,1-2H3;1-2H3. The number of imidazole rings is 1. The number of likely N-dealkylation sites (N-methyl/N-ethyl adjacent to an activating group) is 1. The highest BCUT2D eigenvalue weighted by Gasteiger charge is 2.17. The van der Waals surface area contributed by atoms with Crippen LogP contribution in [-0.4, -0.2) is 38.1 Å². The first kappa shape index (κ1) is 19.1. The molecular formula is C23H26N6. The highest BCUT2D eigenvalue weighted by Crippen LogP contribution is 2.32. The van der Waals surface area contributed by atoms with Crippen LogP contribution in [0.3, 0.4) is 0 Å². The molecule has 0 saturated carbocycles. The Hall–Kier alpha value is -3.28. The number of hydrogen-bond acceptors (Lipinski definition) is 5. The minimum absolute atomic E-state index is 0.750. The number of anilines is 1. The van der Waals surface area contributed by atoms with Crippen LogP contribution >= 0.6 is 0 Å². The van der Waals surface area contributed by atoms with Crippen molar-refractivity contribution < 1.29 is 0 Å². The Morgan fingerprint density at radius 1 is 0.966 bits per heavy atom. The second-order valence-corrected chi connectivity index (χ2v) is 6.93. The highest BCUT2D eigenvalue weighted by molar-refractivity contribution is 5.93. The van der Waals surface area contributed by atoms with Gasteiger partial charge >= 0.3 is 0 Å². The second-order valence-electron chi connectivity index (χ2n) is 6.93. The van der Waals surface area contributed by atoms with E-state index in [0.717, 1.165) is 53.1 Å². The average molecular weight is 387 g/mol. The zero-order valence-corrected chi connectivity index (χ0v) is 17.4. The molecule has 0 fully saturated rings. The van der Waals surface area contributed by atoms with Gasteiger partial charge in [-0.25, -0.2) is 15.0 Å². The van der Waals surface area contributed by atoms with Gasteiger partial charge in [-0.2, -0.15) is 0 Å². The monoisotopic (exact) mass is 386 g/mol. The predicted molar refractivity (Wildman–Crippen MR) is 119 cm³/mol. The molecule has 29 heavy (non-hydrogen) atoms. The first-order valence-corrected chi connectivity index (χ1v) is 10.1. The number of aromatic nitrogens is 5. The van der Waals surface area contributed by atoms with Crippen molar-refractivity contribution in [1.29, 1.82) is 0 Å². The number of rotatable bonds is 3. The first-order chi connectivity index (χ1) is 14.2. The van der Waals surface area contributed by atoms with Gasteiger partial charge in [0.1, 0.15) is 17.2 Å². The van der Waals surface area contributed by atoms with Gasteiger partial charge in [-0.3, -0.25) is 4.98 Å². The van der Waals surface area contributed by atoms with Crippen LogP contribution in [-0.2, 0) is 19.9 Å². The van der Waals surface area contributed by atoms with Crippen LogP contribution in [0, 0.1) is 0 Å². The fourth-order valence-corrected chi connectivity index (χ4v) is 3.72. The van der Waals surface area contributed by atoms with Gasteiger partial charge in [-0.05, 0) is 24.3 Å². The lowest BCUT2D eigenvalue weighted by atomic mass is 10.1. The normalized spacial score (nSPS) is 12.8. The summed E-state index contributed by atoms with van der Waals surface area (Å²) in [5.41, 5.74) is 6.38. The summed E-state index contributed by atoms with van der Waals surface area (Å²) in [6.07, 6.45) is 9.48. The van der Waals surface area contributed by atoms with Crippen molar-refractivity contribution in [2.45, 2.75) is 26.7 Å². The quantitative estimate of drug-likeness (QED) is 0.528. The molecule has 148 valence electrons. The predicted octanol–water partition coefficient (Wildman–Crippen LogP) is 4.19. The maximum atomic E-state index is 4.95. The van der Waals surface area contributed by atoms with Crippen LogP contribution in [0.5, 0.6) is 0 Å². The molecule has 3 aromatic heterocycles. The molecule has 0 radical (unpaired) electrons. The van der Waals surface area contributed by atoms with E-state index in [1.165, 1.54) is 11.3 Å². The van der Waals surface area contributed by atoms with Crippen molar-refractivity contribution in [3.05, 3.63) is 59.9 Å². The molecule has 1 aromatic carbocycles. The molecule has 0 aliphatic carbocycles. The van der Waals surface area contributed by atoms with Crippen molar-refractivity contribution in [1.82, 2.24) is 24.5 Å². The van der Waals surface area contributed by atoms with E-state index in [0.29, 0.717) is 0 Å². The fraction of sp³-hybridized carbons (Fsp3) is 0.304. The van der Waals surface area contributed by atoms with E-state index in [1.54, 1.807) is 12.4 Å². The van der Waals surface area contributed by atoms with Gasteiger partial charge in [-0.15, -0.1) is 0 Å². The van der Waals surface area contributed by atoms with E-state index < -0.39 is 0 Å². The second kappa shape index (κ2) is 7.99. The Kier molecular flexibility index (Phi) is 5.25. The van der Waals surface area contributed by atoms with Crippen LogP contribution < -0.4 is 4.90 Å². The summed E-state index contributed by atoms with van der Waals surface area (Å²) >= 11 is 0. The van der Waals surface area contributed by atoms with Gasteiger partial charge in [0.2, 0.25) is 0 Å². The summed E-state index contributed by atoms with van der Waals surface area (Å²) in [6.45, 7) is 4.94. The Labute approximate surface area is 171 Å². The van der Waals surface area contributed by atoms with E-state index in [9.17, 15) is 0 Å². The number of fused-ring (bicyclic) bond motifs is 4. The molecule has 1 aliphatic rings. The summed E-state index contributed by atoms with van der Waals surface area (Å²) < 4.78 is 2.18. The summed E-state index contributed by atoms with van der Waals surface area (Å²) in [5.74, 6) is 1.87. The lowest BCUT2D eigenvalue weighted by Gasteiger charge is -2.23. The molecule has 6 nitrogen and oxygen atoms in total. The number of hydrogen-bond donors (Lipinski definition) is 0. The van der Waals surface area contributed by atoms with Crippen LogP contribution in [0.1, 0.15) is 31.1 Å². The smallest absolute Gasteiger partial charge is 0.129 e. The van der Waals surface area contributed by atoms with Crippen molar-refractivity contribution in [2.75, 3.05) is 18.5 Å². The van der Waals surface area contributed by atoms with Gasteiger partial charge < -0.3 is 9.47 Å². The van der Waals surface area contributed by atoms with E-state index in [4.69, 9.17) is 4.98 Å². The van der Waals surface area contributed by atoms with Crippen LogP contribution in [0.4, 0.5) is 5.69 Å². The van der Waals surface area contributed by atoms with Crippen molar-refractivity contribution in [2.24, 2.45) is 7.05 Å². The van der Waals surface area contributed by atoms with E-state index in [2.05, 4.69) is 62.8 Å². The zero-order chi connectivity index (χ0) is 20.4. The summed E-state index contributed by atoms with van der Waals surface area (Å²) in [7, 11) is 4.20. The zero-order valence-electron chi connectivity index (χ0n) is 17.4. The number of nitrogens with zero attached hydrogens (tertiary/aromatic N) is 6. The number of benzene rings is 1. The van der Waals surface area contributed by atoms with Crippen molar-refractivity contribution in [3.8, 4) is 0 Å². The fourth-order valence-electron chi connectivity index (χ4n) is 3.72. The maximum Gasteiger partial charge on any atom is 0.129 e. The molecule has 4 aromatic rings. The molecular weight excluding hydrogens is 360 g/mol. The van der Waals surface area contributed by atoms with Crippen LogP contribution in [0.2, 0.25) is 0 Å². The summed E-state index contributed by atoms with van der Waals surface area (Å²) in [5, 5.41) is 0. The largest absolute Gasteiger partial charge is 0.370 e. The molecule has 0 spiro atoms. The third-order valence-corrected chi connectivity index (χ3v) is 5.21. The average Bonchev–Trinajstić information content (AvgIpc) is 3.10. The third-order valence-electron chi connectivity index (χ3n) is 5.21. The molecule has 0 N–H and O–H groups in total. The van der Waals surface area contributed by atoms with Crippen LogP contribution in [0.25, 0.3) is 28.1 Å². The van der Waals surface area contributed by atoms with Crippen LogP contribution in [0.15, 0.2) is 42.7 Å². The van der Waals surface area contributed by atoms with Gasteiger partial charge in [0, 0.05) is 50.9 Å². The molecule has 1 aliphatic heterocycles. The number of pyridine rings is 1. The van der Waals surface area contributed by atoms with Crippen molar-refractivity contribution >= 4 is 33.8 Å². The summed E-state index contributed by atoms with van der Waals surface area (Å²) in [4.78, 5) is 20.6. The third kappa shape index (κ3) is 3.46. The highest BCUT2D eigenvalue weighted by atomic mass is 15.1. The lowest BCUT2D eigenvalue weighted by Crippen LogP contribution is -2.20. The minimum Gasteiger partial charge on any atom is -0.370 e. The van der Waals surface area contributed by atoms with Gasteiger partial charge in [0.15, 0.2) is 0 Å². The molecule has 5 rings (SSSR count). The van der Waals surface area contributed by atoms with E-state index in [-0.39, 0.29) is 0 Å². The Bertz CT molecular complexity index is 1190. The molecule has 0 unspecified atom stereocenters. The van der Waals surface area contributed by atoms with Crippen molar-refractivity contribution in [3.63, 3.8) is 0 Å². The number of aryl methyl sites for hydroxylation is 3. The van der Waals surface area contributed by atoms with Gasteiger partial charge in [0.05, 0.1) is 22.7 Å². The Balaban J connectivity index is 0.000000994. The molecule has 4 heterocycles. The Morgan fingerprint density at radius 3 is 2.69 bits per heavy atom.